The Balaban J connectivity index is 1.69. The minimum Gasteiger partial charge on any atom is -0.372 e. The van der Waals surface area contributed by atoms with Crippen LogP contribution in [-0.2, 0) is 6.54 Å². The van der Waals surface area contributed by atoms with Gasteiger partial charge < -0.3 is 15.5 Å². The molecule has 0 radical (unpaired) electrons. The number of benzene rings is 2. The van der Waals surface area contributed by atoms with Crippen LogP contribution in [0.15, 0.2) is 60.8 Å². The van der Waals surface area contributed by atoms with Gasteiger partial charge in [0.15, 0.2) is 0 Å². The summed E-state index contributed by atoms with van der Waals surface area (Å²) < 4.78 is 0. The Morgan fingerprint density at radius 2 is 1.74 bits per heavy atom. The van der Waals surface area contributed by atoms with Crippen molar-refractivity contribution in [2.45, 2.75) is 27.3 Å². The van der Waals surface area contributed by atoms with E-state index in [4.69, 9.17) is 0 Å². The quantitative estimate of drug-likeness (QED) is 0.592. The van der Waals surface area contributed by atoms with Crippen LogP contribution in [0.3, 0.4) is 0 Å². The van der Waals surface area contributed by atoms with E-state index in [1.54, 1.807) is 6.20 Å². The van der Waals surface area contributed by atoms with Crippen LogP contribution in [0.5, 0.6) is 0 Å². The summed E-state index contributed by atoms with van der Waals surface area (Å²) >= 11 is 0. The van der Waals surface area contributed by atoms with Crippen molar-refractivity contribution in [3.63, 3.8) is 0 Å². The van der Waals surface area contributed by atoms with Crippen LogP contribution in [0.25, 0.3) is 0 Å². The molecular formula is C22H27N5. The van der Waals surface area contributed by atoms with E-state index in [0.29, 0.717) is 12.5 Å². The van der Waals surface area contributed by atoms with Gasteiger partial charge in [-0.1, -0.05) is 30.3 Å². The lowest BCUT2D eigenvalue weighted by molar-refractivity contribution is 0.866. The van der Waals surface area contributed by atoms with Crippen LogP contribution in [0.1, 0.15) is 25.0 Å². The first-order valence-electron chi connectivity index (χ1n) is 9.43. The number of nitrogens with one attached hydrogen (secondary N) is 2. The van der Waals surface area contributed by atoms with E-state index < -0.39 is 0 Å². The standard InChI is InChI=1S/C22H27N5/c1-4-27(5-2)19-11-12-20(17(3)15-19)25-21-13-14-23-22(26-21)24-16-18-9-7-6-8-10-18/h6-15H,4-5,16H2,1-3H3,(H2,23,24,25,26). The summed E-state index contributed by atoms with van der Waals surface area (Å²) in [4.78, 5) is 11.2. The van der Waals surface area contributed by atoms with Crippen LogP contribution < -0.4 is 15.5 Å². The molecule has 140 valence electrons. The monoisotopic (exact) mass is 361 g/mol. The zero-order chi connectivity index (χ0) is 19.1. The minimum atomic E-state index is 0.612. The van der Waals surface area contributed by atoms with E-state index in [9.17, 15) is 0 Å². The van der Waals surface area contributed by atoms with E-state index in [-0.39, 0.29) is 0 Å². The average Bonchev–Trinajstić information content (AvgIpc) is 2.70. The SMILES string of the molecule is CCN(CC)c1ccc(Nc2ccnc(NCc3ccccc3)n2)c(C)c1. The topological polar surface area (TPSA) is 53.1 Å². The Kier molecular flexibility index (Phi) is 6.26. The fraction of sp³-hybridized carbons (Fsp3) is 0.273. The zero-order valence-corrected chi connectivity index (χ0v) is 16.2. The lowest BCUT2D eigenvalue weighted by atomic mass is 10.1. The molecule has 2 aromatic carbocycles. The number of hydrogen-bond donors (Lipinski definition) is 2. The van der Waals surface area contributed by atoms with Crippen LogP contribution >= 0.6 is 0 Å². The van der Waals surface area contributed by atoms with Gasteiger partial charge in [0.1, 0.15) is 5.82 Å². The van der Waals surface area contributed by atoms with Gasteiger partial charge in [-0.2, -0.15) is 4.98 Å². The molecular weight excluding hydrogens is 334 g/mol. The first-order chi connectivity index (χ1) is 13.2. The second-order valence-corrected chi connectivity index (χ2v) is 6.40. The lowest BCUT2D eigenvalue weighted by Gasteiger charge is -2.22. The number of hydrogen-bond acceptors (Lipinski definition) is 5. The van der Waals surface area contributed by atoms with Gasteiger partial charge in [0, 0.05) is 37.2 Å². The molecule has 3 rings (SSSR count). The minimum absolute atomic E-state index is 0.612. The van der Waals surface area contributed by atoms with Gasteiger partial charge in [0.05, 0.1) is 0 Å². The maximum atomic E-state index is 4.57. The van der Waals surface area contributed by atoms with E-state index in [1.165, 1.54) is 16.8 Å². The van der Waals surface area contributed by atoms with Gasteiger partial charge in [-0.25, -0.2) is 4.98 Å². The summed E-state index contributed by atoms with van der Waals surface area (Å²) in [5.41, 5.74) is 4.69. The molecule has 5 heteroatoms. The molecule has 1 aromatic heterocycles. The van der Waals surface area contributed by atoms with Crippen molar-refractivity contribution in [3.05, 3.63) is 71.9 Å². The van der Waals surface area contributed by atoms with Crippen LogP contribution in [-0.4, -0.2) is 23.1 Å². The Hall–Kier alpha value is -3.08. The van der Waals surface area contributed by atoms with Crippen molar-refractivity contribution in [3.8, 4) is 0 Å². The molecule has 0 amide bonds. The molecule has 0 fully saturated rings. The highest BCUT2D eigenvalue weighted by Crippen LogP contribution is 2.25. The van der Waals surface area contributed by atoms with E-state index in [0.717, 1.165) is 24.6 Å². The Morgan fingerprint density at radius 3 is 2.44 bits per heavy atom. The highest BCUT2D eigenvalue weighted by atomic mass is 15.1. The maximum absolute atomic E-state index is 4.57. The molecule has 0 unspecified atom stereocenters. The van der Waals surface area contributed by atoms with Gasteiger partial charge in [-0.05, 0) is 56.2 Å². The summed E-state index contributed by atoms with van der Waals surface area (Å²) in [6, 6.07) is 18.6. The number of nitrogens with zero attached hydrogens (tertiary/aromatic N) is 3. The molecule has 1 heterocycles. The first kappa shape index (κ1) is 18.7. The van der Waals surface area contributed by atoms with Crippen molar-refractivity contribution in [1.29, 1.82) is 0 Å². The van der Waals surface area contributed by atoms with Crippen LogP contribution in [0.4, 0.5) is 23.1 Å². The van der Waals surface area contributed by atoms with Gasteiger partial charge in [-0.3, -0.25) is 0 Å². The average molecular weight is 361 g/mol. The van der Waals surface area contributed by atoms with E-state index in [2.05, 4.69) is 76.6 Å². The molecule has 5 nitrogen and oxygen atoms in total. The largest absolute Gasteiger partial charge is 0.372 e. The maximum Gasteiger partial charge on any atom is 0.224 e. The third-order valence-corrected chi connectivity index (χ3v) is 4.55. The second kappa shape index (κ2) is 9.03. The first-order valence-corrected chi connectivity index (χ1v) is 9.43. The van der Waals surface area contributed by atoms with Gasteiger partial charge in [0.25, 0.3) is 0 Å². The molecule has 27 heavy (non-hydrogen) atoms. The molecule has 0 aliphatic heterocycles. The summed E-state index contributed by atoms with van der Waals surface area (Å²) in [7, 11) is 0. The van der Waals surface area contributed by atoms with E-state index >= 15 is 0 Å². The Morgan fingerprint density at radius 1 is 0.963 bits per heavy atom. The Labute approximate surface area is 161 Å². The van der Waals surface area contributed by atoms with Gasteiger partial charge in [0.2, 0.25) is 5.95 Å². The molecule has 0 aliphatic rings. The molecule has 2 N–H and O–H groups in total. The smallest absolute Gasteiger partial charge is 0.224 e. The van der Waals surface area contributed by atoms with Crippen molar-refractivity contribution in [1.82, 2.24) is 9.97 Å². The highest BCUT2D eigenvalue weighted by Gasteiger charge is 2.06. The van der Waals surface area contributed by atoms with E-state index in [1.807, 2.05) is 24.3 Å². The van der Waals surface area contributed by atoms with Gasteiger partial charge >= 0.3 is 0 Å². The predicted octanol–water partition coefficient (Wildman–Crippen LogP) is 4.99. The van der Waals surface area contributed by atoms with Crippen molar-refractivity contribution in [2.24, 2.45) is 0 Å². The molecule has 0 spiro atoms. The summed E-state index contributed by atoms with van der Waals surface area (Å²) in [5, 5.41) is 6.68. The molecule has 0 saturated heterocycles. The summed E-state index contributed by atoms with van der Waals surface area (Å²) in [6.45, 7) is 9.18. The number of rotatable bonds is 8. The summed E-state index contributed by atoms with van der Waals surface area (Å²) in [5.74, 6) is 1.39. The number of aromatic nitrogens is 2. The van der Waals surface area contributed by atoms with Crippen molar-refractivity contribution >= 4 is 23.1 Å². The number of aryl methyl sites for hydroxylation is 1. The van der Waals surface area contributed by atoms with Crippen molar-refractivity contribution < 1.29 is 0 Å². The Bertz CT molecular complexity index is 860. The highest BCUT2D eigenvalue weighted by molar-refractivity contribution is 5.65. The molecule has 0 atom stereocenters. The summed E-state index contributed by atoms with van der Waals surface area (Å²) in [6.07, 6.45) is 1.77. The zero-order valence-electron chi connectivity index (χ0n) is 16.2. The van der Waals surface area contributed by atoms with Crippen molar-refractivity contribution in [2.75, 3.05) is 28.6 Å². The van der Waals surface area contributed by atoms with Gasteiger partial charge in [-0.15, -0.1) is 0 Å². The lowest BCUT2D eigenvalue weighted by Crippen LogP contribution is -2.21. The third kappa shape index (κ3) is 4.97. The van der Waals surface area contributed by atoms with Crippen LogP contribution in [0.2, 0.25) is 0 Å². The molecule has 3 aromatic rings. The fourth-order valence-corrected chi connectivity index (χ4v) is 3.00. The van der Waals surface area contributed by atoms with Crippen LogP contribution in [0, 0.1) is 6.92 Å². The second-order valence-electron chi connectivity index (χ2n) is 6.40. The molecule has 0 aliphatic carbocycles. The molecule has 0 bridgehead atoms. The molecule has 0 saturated carbocycles. The third-order valence-electron chi connectivity index (χ3n) is 4.55. The fourth-order valence-electron chi connectivity index (χ4n) is 3.00. The predicted molar refractivity (Wildman–Crippen MR) is 114 cm³/mol. The number of anilines is 4. The normalized spacial score (nSPS) is 10.5.